The maximum absolute atomic E-state index is 12.5. The highest BCUT2D eigenvalue weighted by Crippen LogP contribution is 2.40. The predicted octanol–water partition coefficient (Wildman–Crippen LogP) is 4.30. The first-order valence-corrected chi connectivity index (χ1v) is 8.66. The number of carbonyl (C=O) groups excluding carboxylic acids is 1. The Morgan fingerprint density at radius 2 is 2.20 bits per heavy atom. The highest BCUT2D eigenvalue weighted by molar-refractivity contribution is 5.90. The summed E-state index contributed by atoms with van der Waals surface area (Å²) < 4.78 is 16.5. The van der Waals surface area contributed by atoms with Gasteiger partial charge in [-0.25, -0.2) is 4.79 Å². The van der Waals surface area contributed by atoms with Crippen LogP contribution in [0.1, 0.15) is 42.9 Å². The summed E-state index contributed by atoms with van der Waals surface area (Å²) >= 11 is 0. The van der Waals surface area contributed by atoms with Crippen molar-refractivity contribution in [3.05, 3.63) is 70.7 Å². The Labute approximate surface area is 148 Å². The van der Waals surface area contributed by atoms with Crippen molar-refractivity contribution in [1.82, 2.24) is 0 Å². The summed E-state index contributed by atoms with van der Waals surface area (Å²) in [5.74, 6) is 0.251. The maximum atomic E-state index is 12.5. The van der Waals surface area contributed by atoms with E-state index < -0.39 is 6.29 Å². The van der Waals surface area contributed by atoms with Crippen LogP contribution in [0.25, 0.3) is 0 Å². The number of carbonyl (C=O) groups is 1. The summed E-state index contributed by atoms with van der Waals surface area (Å²) in [6.07, 6.45) is 4.64. The lowest BCUT2D eigenvalue weighted by Gasteiger charge is -2.17. The number of allylic oxidation sites excluding steroid dienone is 1. The third-order valence-corrected chi connectivity index (χ3v) is 4.80. The van der Waals surface area contributed by atoms with E-state index in [1.165, 1.54) is 23.0 Å². The van der Waals surface area contributed by atoms with Crippen molar-refractivity contribution in [1.29, 1.82) is 0 Å². The number of fused-ring (bicyclic) bond motifs is 1. The van der Waals surface area contributed by atoms with Gasteiger partial charge in [-0.3, -0.25) is 0 Å². The fraction of sp³-hybridized carbons (Fsp3) is 0.381. The second-order valence-corrected chi connectivity index (χ2v) is 6.42. The molecule has 0 amide bonds. The van der Waals surface area contributed by atoms with Crippen molar-refractivity contribution >= 4 is 5.97 Å². The minimum absolute atomic E-state index is 0.0105. The Hall–Kier alpha value is -2.49. The van der Waals surface area contributed by atoms with Crippen LogP contribution in [0.4, 0.5) is 0 Å². The van der Waals surface area contributed by atoms with E-state index in [4.69, 9.17) is 14.2 Å². The van der Waals surface area contributed by atoms with Crippen LogP contribution >= 0.6 is 0 Å². The van der Waals surface area contributed by atoms with Crippen molar-refractivity contribution in [3.63, 3.8) is 0 Å². The summed E-state index contributed by atoms with van der Waals surface area (Å²) in [7, 11) is 0. The molecule has 2 unspecified atom stereocenters. The lowest BCUT2D eigenvalue weighted by atomic mass is 9.92. The van der Waals surface area contributed by atoms with Crippen molar-refractivity contribution in [2.24, 2.45) is 0 Å². The van der Waals surface area contributed by atoms with Gasteiger partial charge in [-0.05, 0) is 55.9 Å². The van der Waals surface area contributed by atoms with Gasteiger partial charge in [-0.15, -0.1) is 0 Å². The molecule has 3 rings (SSSR count). The van der Waals surface area contributed by atoms with Gasteiger partial charge in [0.2, 0.25) is 0 Å². The molecule has 1 aromatic rings. The third kappa shape index (κ3) is 3.48. The fourth-order valence-electron chi connectivity index (χ4n) is 3.42. The highest BCUT2D eigenvalue weighted by atomic mass is 16.7. The molecular formula is C21H24O4. The summed E-state index contributed by atoms with van der Waals surface area (Å²) in [4.78, 5) is 12.5. The zero-order valence-electron chi connectivity index (χ0n) is 15.0. The Kier molecular flexibility index (Phi) is 4.98. The SMILES string of the molecule is C=C1OC(O/C=C(/C(=O)OCC)C2CCc3c(C)cccc32)C=C1C. The van der Waals surface area contributed by atoms with Gasteiger partial charge in [0.05, 0.1) is 18.4 Å². The molecule has 4 heteroatoms. The first-order chi connectivity index (χ1) is 12.0. The van der Waals surface area contributed by atoms with Gasteiger partial charge >= 0.3 is 5.97 Å². The Morgan fingerprint density at radius 1 is 1.40 bits per heavy atom. The van der Waals surface area contributed by atoms with E-state index in [0.29, 0.717) is 17.9 Å². The molecule has 132 valence electrons. The van der Waals surface area contributed by atoms with Crippen LogP contribution in [0, 0.1) is 6.92 Å². The molecule has 0 saturated carbocycles. The van der Waals surface area contributed by atoms with E-state index >= 15 is 0 Å². The minimum Gasteiger partial charge on any atom is -0.463 e. The molecule has 1 aliphatic heterocycles. The van der Waals surface area contributed by atoms with Crippen molar-refractivity contribution in [3.8, 4) is 0 Å². The minimum atomic E-state index is -0.546. The second kappa shape index (κ2) is 7.18. The second-order valence-electron chi connectivity index (χ2n) is 6.42. The average Bonchev–Trinajstić information content (AvgIpc) is 3.13. The number of benzene rings is 1. The smallest absolute Gasteiger partial charge is 0.337 e. The normalized spacial score (nSPS) is 22.3. The number of aryl methyl sites for hydroxylation is 1. The third-order valence-electron chi connectivity index (χ3n) is 4.80. The van der Waals surface area contributed by atoms with Gasteiger partial charge in [0.25, 0.3) is 6.29 Å². The molecule has 0 radical (unpaired) electrons. The van der Waals surface area contributed by atoms with E-state index in [-0.39, 0.29) is 11.9 Å². The molecule has 0 aromatic heterocycles. The topological polar surface area (TPSA) is 44.8 Å². The summed E-state index contributed by atoms with van der Waals surface area (Å²) in [5, 5.41) is 0. The predicted molar refractivity (Wildman–Crippen MR) is 95.8 cm³/mol. The van der Waals surface area contributed by atoms with Crippen LogP contribution in [-0.2, 0) is 25.4 Å². The first-order valence-electron chi connectivity index (χ1n) is 8.66. The van der Waals surface area contributed by atoms with E-state index in [1.807, 2.05) is 19.1 Å². The van der Waals surface area contributed by atoms with E-state index in [9.17, 15) is 4.79 Å². The number of rotatable bonds is 5. The van der Waals surface area contributed by atoms with Gasteiger partial charge in [0.1, 0.15) is 5.76 Å². The number of hydrogen-bond acceptors (Lipinski definition) is 4. The Balaban J connectivity index is 1.87. The first kappa shape index (κ1) is 17.3. The number of esters is 1. The molecule has 4 nitrogen and oxygen atoms in total. The lowest BCUT2D eigenvalue weighted by molar-refractivity contribution is -0.139. The largest absolute Gasteiger partial charge is 0.463 e. The highest BCUT2D eigenvalue weighted by Gasteiger charge is 2.32. The molecule has 2 aliphatic rings. The molecular weight excluding hydrogens is 316 g/mol. The standard InChI is InChI=1S/C21H24O4/c1-5-23-21(22)19(12-24-20-11-14(3)15(4)25-20)18-10-9-16-13(2)7-6-8-17(16)18/h6-8,11-12,18,20H,4-5,9-10H2,1-3H3/b19-12+. The van der Waals surface area contributed by atoms with Crippen molar-refractivity contribution < 1.29 is 19.0 Å². The van der Waals surface area contributed by atoms with Crippen molar-refractivity contribution in [2.75, 3.05) is 6.61 Å². The molecule has 0 N–H and O–H groups in total. The molecule has 0 spiro atoms. The number of hydrogen-bond donors (Lipinski definition) is 0. The summed E-state index contributed by atoms with van der Waals surface area (Å²) in [5.41, 5.74) is 5.25. The molecule has 25 heavy (non-hydrogen) atoms. The van der Waals surface area contributed by atoms with Gasteiger partial charge in [-0.1, -0.05) is 24.8 Å². The zero-order valence-corrected chi connectivity index (χ0v) is 15.0. The molecule has 0 saturated heterocycles. The number of ether oxygens (including phenoxy) is 3. The van der Waals surface area contributed by atoms with Gasteiger partial charge in [0.15, 0.2) is 0 Å². The average molecular weight is 340 g/mol. The molecule has 1 aliphatic carbocycles. The molecule has 1 heterocycles. The van der Waals surface area contributed by atoms with Crippen LogP contribution in [-0.4, -0.2) is 18.9 Å². The van der Waals surface area contributed by atoms with Crippen LogP contribution in [0.3, 0.4) is 0 Å². The molecule has 1 aromatic carbocycles. The molecule has 0 bridgehead atoms. The van der Waals surface area contributed by atoms with Crippen LogP contribution in [0.15, 0.2) is 54.0 Å². The van der Waals surface area contributed by atoms with Gasteiger partial charge < -0.3 is 14.2 Å². The monoisotopic (exact) mass is 340 g/mol. The van der Waals surface area contributed by atoms with E-state index in [2.05, 4.69) is 25.6 Å². The molecule has 2 atom stereocenters. The lowest BCUT2D eigenvalue weighted by Crippen LogP contribution is -2.15. The summed E-state index contributed by atoms with van der Waals surface area (Å²) in [6.45, 7) is 9.97. The fourth-order valence-corrected chi connectivity index (χ4v) is 3.42. The molecule has 0 fully saturated rings. The van der Waals surface area contributed by atoms with Crippen LogP contribution in [0.2, 0.25) is 0 Å². The van der Waals surface area contributed by atoms with Gasteiger partial charge in [0, 0.05) is 12.0 Å². The van der Waals surface area contributed by atoms with Crippen molar-refractivity contribution in [2.45, 2.75) is 45.8 Å². The van der Waals surface area contributed by atoms with Crippen LogP contribution in [0.5, 0.6) is 0 Å². The zero-order chi connectivity index (χ0) is 18.0. The van der Waals surface area contributed by atoms with E-state index in [1.54, 1.807) is 6.92 Å². The van der Waals surface area contributed by atoms with Gasteiger partial charge in [-0.2, -0.15) is 0 Å². The Bertz CT molecular complexity index is 757. The van der Waals surface area contributed by atoms with Crippen LogP contribution < -0.4 is 0 Å². The van der Waals surface area contributed by atoms with E-state index in [0.717, 1.165) is 18.4 Å². The quantitative estimate of drug-likeness (QED) is 0.455. The Morgan fingerprint density at radius 3 is 2.88 bits per heavy atom. The maximum Gasteiger partial charge on any atom is 0.337 e. The summed E-state index contributed by atoms with van der Waals surface area (Å²) in [6, 6.07) is 6.23.